The molecule has 2 aromatic carbocycles. The smallest absolute Gasteiger partial charge is 0.254 e. The first kappa shape index (κ1) is 17.9. The number of piperidine rings is 1. The maximum atomic E-state index is 13.1. The van der Waals surface area contributed by atoms with Crippen LogP contribution in [0.1, 0.15) is 52.0 Å². The molecule has 27 heavy (non-hydrogen) atoms. The van der Waals surface area contributed by atoms with Gasteiger partial charge in [-0.2, -0.15) is 0 Å². The summed E-state index contributed by atoms with van der Waals surface area (Å²) in [5, 5.41) is 3.64. The molecule has 2 aliphatic rings. The zero-order valence-electron chi connectivity index (χ0n) is 15.6. The summed E-state index contributed by atoms with van der Waals surface area (Å²) in [7, 11) is 0. The molecule has 0 atom stereocenters. The number of nitrogens with zero attached hydrogens (tertiary/aromatic N) is 1. The Morgan fingerprint density at radius 1 is 0.852 bits per heavy atom. The number of benzene rings is 2. The molecule has 1 N–H and O–H groups in total. The summed E-state index contributed by atoms with van der Waals surface area (Å²) in [5.41, 5.74) is 1.61. The second kappa shape index (κ2) is 8.05. The van der Waals surface area contributed by atoms with Crippen LogP contribution in [0, 0.1) is 5.92 Å². The van der Waals surface area contributed by atoms with Crippen LogP contribution in [0.25, 0.3) is 0 Å². The fourth-order valence-electron chi connectivity index (χ4n) is 3.72. The molecule has 4 heteroatoms. The van der Waals surface area contributed by atoms with E-state index in [1.165, 1.54) is 12.8 Å². The minimum Gasteiger partial charge on any atom is -0.339 e. The third-order valence-corrected chi connectivity index (χ3v) is 5.61. The van der Waals surface area contributed by atoms with Gasteiger partial charge in [0.1, 0.15) is 0 Å². The van der Waals surface area contributed by atoms with Gasteiger partial charge >= 0.3 is 0 Å². The third-order valence-electron chi connectivity index (χ3n) is 5.61. The molecule has 1 aliphatic carbocycles. The highest BCUT2D eigenvalue weighted by atomic mass is 16.2. The molecule has 0 aromatic heterocycles. The van der Waals surface area contributed by atoms with Gasteiger partial charge in [-0.05, 0) is 44.2 Å². The van der Waals surface area contributed by atoms with Crippen molar-refractivity contribution in [3.8, 4) is 0 Å². The molecule has 2 aromatic rings. The van der Waals surface area contributed by atoms with Crippen LogP contribution in [0.5, 0.6) is 0 Å². The van der Waals surface area contributed by atoms with Crippen molar-refractivity contribution in [2.75, 3.05) is 19.6 Å². The molecule has 1 heterocycles. The number of likely N-dealkylation sites (tertiary alicyclic amines) is 1. The van der Waals surface area contributed by atoms with Crippen LogP contribution in [0.15, 0.2) is 54.6 Å². The van der Waals surface area contributed by atoms with Crippen LogP contribution in [0.2, 0.25) is 0 Å². The Labute approximate surface area is 160 Å². The Morgan fingerprint density at radius 2 is 1.48 bits per heavy atom. The van der Waals surface area contributed by atoms with Gasteiger partial charge in [0.05, 0.1) is 5.56 Å². The average molecular weight is 362 g/mol. The molecule has 1 amide bonds. The lowest BCUT2D eigenvalue weighted by molar-refractivity contribution is 0.0701. The van der Waals surface area contributed by atoms with E-state index in [-0.39, 0.29) is 11.7 Å². The zero-order chi connectivity index (χ0) is 18.6. The van der Waals surface area contributed by atoms with Gasteiger partial charge in [0.25, 0.3) is 5.91 Å². The normalized spacial score (nSPS) is 17.7. The van der Waals surface area contributed by atoms with E-state index in [1.807, 2.05) is 35.2 Å². The summed E-state index contributed by atoms with van der Waals surface area (Å²) in [4.78, 5) is 27.9. The Kier molecular flexibility index (Phi) is 5.35. The average Bonchev–Trinajstić information content (AvgIpc) is 3.57. The van der Waals surface area contributed by atoms with Gasteiger partial charge in [-0.25, -0.2) is 0 Å². The van der Waals surface area contributed by atoms with Crippen molar-refractivity contribution in [1.29, 1.82) is 0 Å². The van der Waals surface area contributed by atoms with E-state index in [1.54, 1.807) is 24.3 Å². The molecule has 0 radical (unpaired) electrons. The van der Waals surface area contributed by atoms with Crippen molar-refractivity contribution in [3.63, 3.8) is 0 Å². The number of amides is 1. The van der Waals surface area contributed by atoms with E-state index < -0.39 is 0 Å². The lowest BCUT2D eigenvalue weighted by Crippen LogP contribution is -2.45. The first-order chi connectivity index (χ1) is 13.2. The third kappa shape index (κ3) is 4.28. The van der Waals surface area contributed by atoms with Gasteiger partial charge in [0.15, 0.2) is 5.78 Å². The highest BCUT2D eigenvalue weighted by Crippen LogP contribution is 2.28. The molecule has 2 fully saturated rings. The molecular weight excluding hydrogens is 336 g/mol. The minimum absolute atomic E-state index is 0.0319. The van der Waals surface area contributed by atoms with E-state index in [4.69, 9.17) is 0 Å². The van der Waals surface area contributed by atoms with Crippen LogP contribution < -0.4 is 5.32 Å². The Morgan fingerprint density at radius 3 is 2.15 bits per heavy atom. The lowest BCUT2D eigenvalue weighted by Gasteiger charge is -2.33. The van der Waals surface area contributed by atoms with Gasteiger partial charge in [-0.1, -0.05) is 48.5 Å². The number of carbonyl (C=O) groups excluding carboxylic acids is 2. The number of nitrogens with one attached hydrogen (secondary N) is 1. The van der Waals surface area contributed by atoms with Crippen molar-refractivity contribution in [2.45, 2.75) is 31.7 Å². The van der Waals surface area contributed by atoms with Gasteiger partial charge in [0, 0.05) is 30.3 Å². The molecule has 4 rings (SSSR count). The molecule has 0 bridgehead atoms. The van der Waals surface area contributed by atoms with E-state index >= 15 is 0 Å². The van der Waals surface area contributed by atoms with Crippen molar-refractivity contribution < 1.29 is 9.59 Å². The van der Waals surface area contributed by atoms with Crippen molar-refractivity contribution in [1.82, 2.24) is 10.2 Å². The van der Waals surface area contributed by atoms with Gasteiger partial charge in [-0.3, -0.25) is 9.59 Å². The zero-order valence-corrected chi connectivity index (χ0v) is 15.6. The molecule has 1 saturated heterocycles. The molecule has 1 aliphatic heterocycles. The molecule has 0 unspecified atom stereocenters. The maximum absolute atomic E-state index is 13.1. The Balaban J connectivity index is 1.44. The fourth-order valence-corrected chi connectivity index (χ4v) is 3.72. The van der Waals surface area contributed by atoms with Gasteiger partial charge < -0.3 is 10.2 Å². The number of ketones is 1. The maximum Gasteiger partial charge on any atom is 0.254 e. The first-order valence-corrected chi connectivity index (χ1v) is 9.94. The molecular formula is C23H26N2O2. The largest absolute Gasteiger partial charge is 0.339 e. The topological polar surface area (TPSA) is 49.4 Å². The quantitative estimate of drug-likeness (QED) is 0.800. The van der Waals surface area contributed by atoms with Crippen LogP contribution >= 0.6 is 0 Å². The summed E-state index contributed by atoms with van der Waals surface area (Å²) in [6.45, 7) is 2.61. The molecule has 1 saturated carbocycles. The number of carbonyl (C=O) groups is 2. The molecule has 0 spiro atoms. The van der Waals surface area contributed by atoms with Crippen LogP contribution in [-0.4, -0.2) is 42.3 Å². The predicted molar refractivity (Wildman–Crippen MR) is 106 cm³/mol. The first-order valence-electron chi connectivity index (χ1n) is 9.94. The van der Waals surface area contributed by atoms with E-state index in [2.05, 4.69) is 5.32 Å². The predicted octanol–water partition coefficient (Wildman–Crippen LogP) is 3.52. The van der Waals surface area contributed by atoms with Crippen molar-refractivity contribution in [2.24, 2.45) is 5.92 Å². The van der Waals surface area contributed by atoms with Gasteiger partial charge in [-0.15, -0.1) is 0 Å². The lowest BCUT2D eigenvalue weighted by atomic mass is 9.96. The van der Waals surface area contributed by atoms with Crippen molar-refractivity contribution >= 4 is 11.7 Å². The number of rotatable bonds is 6. The standard InChI is InChI=1S/C23H26N2O2/c26-22(18-6-2-1-3-7-18)20-8-4-5-9-21(20)23(27)25-14-12-19(13-15-25)24-16-17-10-11-17/h1-9,17,19,24H,10-16H2. The second-order valence-corrected chi connectivity index (χ2v) is 7.66. The highest BCUT2D eigenvalue weighted by molar-refractivity contribution is 6.15. The summed E-state index contributed by atoms with van der Waals surface area (Å²) >= 11 is 0. The van der Waals surface area contributed by atoms with E-state index in [0.29, 0.717) is 22.7 Å². The van der Waals surface area contributed by atoms with E-state index in [9.17, 15) is 9.59 Å². The Hall–Kier alpha value is -2.46. The summed E-state index contributed by atoms with van der Waals surface area (Å²) in [6.07, 6.45) is 4.67. The minimum atomic E-state index is -0.0967. The number of hydrogen-bond donors (Lipinski definition) is 1. The SMILES string of the molecule is O=C(c1ccccc1)c1ccccc1C(=O)N1CCC(NCC2CC2)CC1. The summed E-state index contributed by atoms with van der Waals surface area (Å²) in [6, 6.07) is 16.9. The second-order valence-electron chi connectivity index (χ2n) is 7.66. The van der Waals surface area contributed by atoms with Crippen molar-refractivity contribution in [3.05, 3.63) is 71.3 Å². The monoisotopic (exact) mass is 362 g/mol. The summed E-state index contributed by atoms with van der Waals surface area (Å²) in [5.74, 6) is 0.747. The highest BCUT2D eigenvalue weighted by Gasteiger charge is 2.28. The molecule has 4 nitrogen and oxygen atoms in total. The van der Waals surface area contributed by atoms with E-state index in [0.717, 1.165) is 38.4 Å². The van der Waals surface area contributed by atoms with Crippen LogP contribution in [0.3, 0.4) is 0 Å². The Bertz CT molecular complexity index is 806. The van der Waals surface area contributed by atoms with Crippen LogP contribution in [-0.2, 0) is 0 Å². The molecule has 140 valence electrons. The number of hydrogen-bond acceptors (Lipinski definition) is 3. The summed E-state index contributed by atoms with van der Waals surface area (Å²) < 4.78 is 0. The van der Waals surface area contributed by atoms with Gasteiger partial charge in [0.2, 0.25) is 0 Å². The fraction of sp³-hybridized carbons (Fsp3) is 0.391. The van der Waals surface area contributed by atoms with Crippen LogP contribution in [0.4, 0.5) is 0 Å².